The maximum absolute atomic E-state index is 12.8. The zero-order chi connectivity index (χ0) is 19.7. The largest absolute Gasteiger partial charge is 0.486 e. The van der Waals surface area contributed by atoms with Gasteiger partial charge in [-0.05, 0) is 37.5 Å². The van der Waals surface area contributed by atoms with E-state index >= 15 is 0 Å². The van der Waals surface area contributed by atoms with Gasteiger partial charge in [0.1, 0.15) is 18.9 Å². The van der Waals surface area contributed by atoms with Crippen molar-refractivity contribution >= 4 is 17.7 Å². The molecular weight excluding hydrogens is 382 g/mol. The van der Waals surface area contributed by atoms with Gasteiger partial charge < -0.3 is 20.2 Å². The predicted octanol–water partition coefficient (Wildman–Crippen LogP) is 0.888. The van der Waals surface area contributed by atoms with Crippen LogP contribution in [0.25, 0.3) is 0 Å². The molecule has 0 spiro atoms. The highest BCUT2D eigenvalue weighted by atomic mass is 32.2. The maximum Gasteiger partial charge on any atom is 0.294 e. The Hall–Kier alpha value is -2.75. The van der Waals surface area contributed by atoms with Gasteiger partial charge in [0.2, 0.25) is 11.1 Å². The smallest absolute Gasteiger partial charge is 0.294 e. The lowest BCUT2D eigenvalue weighted by molar-refractivity contribution is -0.129. The van der Waals surface area contributed by atoms with Crippen LogP contribution in [0.15, 0.2) is 28.2 Å². The van der Waals surface area contributed by atoms with Gasteiger partial charge in [-0.1, -0.05) is 17.8 Å². The SMILES string of the molecule is Cc1nnc(SCC(=O)N2CCCC2c2ccc3c(c2)OCCO3)n(N)c1=O. The molecule has 1 aromatic heterocycles. The van der Waals surface area contributed by atoms with Crippen LogP contribution in [0.2, 0.25) is 0 Å². The molecule has 0 bridgehead atoms. The molecular formula is C18H21N5O4S. The number of rotatable bonds is 4. The van der Waals surface area contributed by atoms with Crippen LogP contribution in [0.5, 0.6) is 11.5 Å². The number of carbonyl (C=O) groups excluding carboxylic acids is 1. The fraction of sp³-hybridized carbons (Fsp3) is 0.444. The molecule has 2 aliphatic rings. The average molecular weight is 403 g/mol. The van der Waals surface area contributed by atoms with E-state index in [2.05, 4.69) is 10.2 Å². The van der Waals surface area contributed by atoms with Crippen LogP contribution in [-0.2, 0) is 4.79 Å². The van der Waals surface area contributed by atoms with Crippen LogP contribution >= 0.6 is 11.8 Å². The molecule has 2 N–H and O–H groups in total. The molecule has 148 valence electrons. The monoisotopic (exact) mass is 403 g/mol. The lowest BCUT2D eigenvalue weighted by Crippen LogP contribution is -2.34. The molecule has 1 atom stereocenters. The minimum atomic E-state index is -0.416. The Balaban J connectivity index is 1.47. The van der Waals surface area contributed by atoms with Gasteiger partial charge in [-0.25, -0.2) is 0 Å². The summed E-state index contributed by atoms with van der Waals surface area (Å²) in [6.07, 6.45) is 1.82. The highest BCUT2D eigenvalue weighted by molar-refractivity contribution is 7.99. The number of aryl methyl sites for hydroxylation is 1. The van der Waals surface area contributed by atoms with Crippen molar-refractivity contribution in [2.45, 2.75) is 31.0 Å². The summed E-state index contributed by atoms with van der Waals surface area (Å²) in [5.74, 6) is 7.30. The summed E-state index contributed by atoms with van der Waals surface area (Å²) in [4.78, 5) is 26.5. The second kappa shape index (κ2) is 7.70. The summed E-state index contributed by atoms with van der Waals surface area (Å²) in [6, 6.07) is 5.84. The molecule has 0 aliphatic carbocycles. The van der Waals surface area contributed by atoms with Gasteiger partial charge in [-0.15, -0.1) is 10.2 Å². The van der Waals surface area contributed by atoms with E-state index < -0.39 is 5.56 Å². The van der Waals surface area contributed by atoms with Gasteiger partial charge in [-0.3, -0.25) is 9.59 Å². The number of nitrogen functional groups attached to an aromatic ring is 1. The molecule has 4 rings (SSSR count). The lowest BCUT2D eigenvalue weighted by atomic mass is 10.0. The summed E-state index contributed by atoms with van der Waals surface area (Å²) in [7, 11) is 0. The van der Waals surface area contributed by atoms with E-state index in [1.54, 1.807) is 6.92 Å². The van der Waals surface area contributed by atoms with E-state index in [0.29, 0.717) is 19.8 Å². The number of hydrogen-bond donors (Lipinski definition) is 1. The first-order valence-electron chi connectivity index (χ1n) is 9.08. The standard InChI is InChI=1S/C18H21N5O4S/c1-11-17(25)23(19)18(21-20-11)28-10-16(24)22-6-2-3-13(22)12-4-5-14-15(9-12)27-8-7-26-14/h4-5,9,13H,2-3,6-8,10,19H2,1H3. The van der Waals surface area contributed by atoms with Crippen molar-refractivity contribution in [1.82, 2.24) is 19.8 Å². The maximum atomic E-state index is 12.8. The molecule has 2 aromatic rings. The summed E-state index contributed by atoms with van der Waals surface area (Å²) in [5, 5.41) is 7.92. The molecule has 1 amide bonds. The fourth-order valence-corrected chi connectivity index (χ4v) is 4.20. The van der Waals surface area contributed by atoms with Crippen molar-refractivity contribution < 1.29 is 14.3 Å². The highest BCUT2D eigenvalue weighted by Crippen LogP contribution is 2.38. The molecule has 10 heteroatoms. The predicted molar refractivity (Wildman–Crippen MR) is 103 cm³/mol. The molecule has 0 saturated carbocycles. The highest BCUT2D eigenvalue weighted by Gasteiger charge is 2.31. The molecule has 28 heavy (non-hydrogen) atoms. The van der Waals surface area contributed by atoms with Gasteiger partial charge in [0.05, 0.1) is 11.8 Å². The minimum Gasteiger partial charge on any atom is -0.486 e. The normalized spacial score (nSPS) is 18.3. The van der Waals surface area contributed by atoms with Gasteiger partial charge in [0.15, 0.2) is 11.5 Å². The Labute approximate surface area is 165 Å². The fourth-order valence-electron chi connectivity index (χ4n) is 3.46. The van der Waals surface area contributed by atoms with Crippen LogP contribution in [0.4, 0.5) is 0 Å². The number of ether oxygens (including phenoxy) is 2. The Morgan fingerprint density at radius 2 is 2.07 bits per heavy atom. The van der Waals surface area contributed by atoms with Crippen LogP contribution in [0.1, 0.15) is 30.1 Å². The van der Waals surface area contributed by atoms with Crippen molar-refractivity contribution in [3.05, 3.63) is 39.8 Å². The van der Waals surface area contributed by atoms with Crippen molar-refractivity contribution in [3.8, 4) is 11.5 Å². The Morgan fingerprint density at radius 3 is 2.89 bits per heavy atom. The van der Waals surface area contributed by atoms with Crippen LogP contribution in [0, 0.1) is 6.92 Å². The summed E-state index contributed by atoms with van der Waals surface area (Å²) in [6.45, 7) is 3.30. The second-order valence-corrected chi connectivity index (χ2v) is 7.62. The number of carbonyl (C=O) groups is 1. The number of fused-ring (bicyclic) bond motifs is 1. The minimum absolute atomic E-state index is 0.00639. The second-order valence-electron chi connectivity index (χ2n) is 6.68. The average Bonchev–Trinajstić information content (AvgIpc) is 3.21. The third-order valence-corrected chi connectivity index (χ3v) is 5.80. The van der Waals surface area contributed by atoms with Crippen molar-refractivity contribution in [2.75, 3.05) is 31.4 Å². The van der Waals surface area contributed by atoms with Crippen LogP contribution < -0.4 is 20.9 Å². The number of benzene rings is 1. The number of nitrogens with zero attached hydrogens (tertiary/aromatic N) is 4. The number of amides is 1. The number of aromatic nitrogens is 3. The molecule has 9 nitrogen and oxygen atoms in total. The van der Waals surface area contributed by atoms with E-state index in [0.717, 1.165) is 46.3 Å². The van der Waals surface area contributed by atoms with E-state index in [4.69, 9.17) is 15.3 Å². The Bertz CT molecular complexity index is 963. The first-order valence-corrected chi connectivity index (χ1v) is 10.1. The topological polar surface area (TPSA) is 113 Å². The summed E-state index contributed by atoms with van der Waals surface area (Å²) < 4.78 is 12.2. The Morgan fingerprint density at radius 1 is 1.29 bits per heavy atom. The van der Waals surface area contributed by atoms with E-state index in [9.17, 15) is 9.59 Å². The van der Waals surface area contributed by atoms with Gasteiger partial charge in [0.25, 0.3) is 5.56 Å². The zero-order valence-corrected chi connectivity index (χ0v) is 16.3. The lowest BCUT2D eigenvalue weighted by Gasteiger charge is -2.26. The molecule has 1 saturated heterocycles. The van der Waals surface area contributed by atoms with Crippen LogP contribution in [0.3, 0.4) is 0 Å². The first kappa shape index (κ1) is 18.6. The van der Waals surface area contributed by atoms with Gasteiger partial charge in [0, 0.05) is 6.54 Å². The van der Waals surface area contributed by atoms with Gasteiger partial charge in [-0.2, -0.15) is 4.68 Å². The van der Waals surface area contributed by atoms with Crippen molar-refractivity contribution in [3.63, 3.8) is 0 Å². The van der Waals surface area contributed by atoms with Crippen molar-refractivity contribution in [1.29, 1.82) is 0 Å². The molecule has 2 aliphatic heterocycles. The quantitative estimate of drug-likeness (QED) is 0.592. The first-order chi connectivity index (χ1) is 13.5. The molecule has 1 aromatic carbocycles. The zero-order valence-electron chi connectivity index (χ0n) is 15.5. The summed E-state index contributed by atoms with van der Waals surface area (Å²) in [5.41, 5.74) is 0.836. The van der Waals surface area contributed by atoms with Crippen LogP contribution in [-0.4, -0.2) is 51.2 Å². The van der Waals surface area contributed by atoms with E-state index in [1.165, 1.54) is 0 Å². The third-order valence-electron chi connectivity index (χ3n) is 4.87. The summed E-state index contributed by atoms with van der Waals surface area (Å²) >= 11 is 1.11. The van der Waals surface area contributed by atoms with E-state index in [-0.39, 0.29) is 28.6 Å². The number of nitrogens with two attached hydrogens (primary N) is 1. The molecule has 1 unspecified atom stereocenters. The number of likely N-dealkylation sites (tertiary alicyclic amines) is 1. The number of thioether (sulfide) groups is 1. The molecule has 0 radical (unpaired) electrons. The molecule has 3 heterocycles. The number of hydrogen-bond acceptors (Lipinski definition) is 8. The van der Waals surface area contributed by atoms with Crippen molar-refractivity contribution in [2.24, 2.45) is 0 Å². The Kier molecular flexibility index (Phi) is 5.12. The third kappa shape index (κ3) is 3.51. The van der Waals surface area contributed by atoms with E-state index in [1.807, 2.05) is 23.1 Å². The molecule has 1 fully saturated rings. The van der Waals surface area contributed by atoms with Gasteiger partial charge >= 0.3 is 0 Å².